The maximum absolute atomic E-state index is 13.1. The maximum atomic E-state index is 13.1. The molecule has 3 heterocycles. The van der Waals surface area contributed by atoms with Gasteiger partial charge in [-0.1, -0.05) is 47.1 Å². The number of rotatable bonds is 5. The molecule has 1 aliphatic rings. The van der Waals surface area contributed by atoms with Gasteiger partial charge in [0.25, 0.3) is 5.91 Å². The summed E-state index contributed by atoms with van der Waals surface area (Å²) in [4.78, 5) is 19.2. The molecule has 0 spiro atoms. The van der Waals surface area contributed by atoms with Crippen molar-refractivity contribution in [3.05, 3.63) is 94.6 Å². The molecule has 1 unspecified atom stereocenters. The standard InChI is InChI=1S/C25H21ClFN3O3/c26-21-6-2-1-5-20(21)22-13-23(33-29-22)25(31)30-11-3-4-17(15-30)24-28-14-19(32-24)12-16-7-9-18(27)10-8-16/h1-2,5-10,13-14,17H,3-4,11-12,15H2. The molecule has 2 aromatic heterocycles. The Morgan fingerprint density at radius 1 is 1.18 bits per heavy atom. The highest BCUT2D eigenvalue weighted by Crippen LogP contribution is 2.30. The Bertz CT molecular complexity index is 1270. The van der Waals surface area contributed by atoms with Crippen LogP contribution in [0.15, 0.2) is 69.7 Å². The number of likely N-dealkylation sites (tertiary alicyclic amines) is 1. The summed E-state index contributed by atoms with van der Waals surface area (Å²) in [5, 5.41) is 4.57. The molecule has 1 saturated heterocycles. The summed E-state index contributed by atoms with van der Waals surface area (Å²) < 4.78 is 24.4. The van der Waals surface area contributed by atoms with E-state index in [0.717, 1.165) is 18.4 Å². The summed E-state index contributed by atoms with van der Waals surface area (Å²) in [6, 6.07) is 15.2. The molecule has 8 heteroatoms. The van der Waals surface area contributed by atoms with Gasteiger partial charge >= 0.3 is 0 Å². The second-order valence-corrected chi connectivity index (χ2v) is 8.52. The molecule has 0 radical (unpaired) electrons. The van der Waals surface area contributed by atoms with Crippen molar-refractivity contribution in [3.8, 4) is 11.3 Å². The third-order valence-corrected chi connectivity index (χ3v) is 6.12. The summed E-state index contributed by atoms with van der Waals surface area (Å²) in [6.45, 7) is 1.11. The van der Waals surface area contributed by atoms with Gasteiger partial charge in [-0.15, -0.1) is 0 Å². The molecule has 0 saturated carbocycles. The molecule has 0 aliphatic carbocycles. The van der Waals surface area contributed by atoms with Gasteiger partial charge in [-0.2, -0.15) is 0 Å². The van der Waals surface area contributed by atoms with Crippen LogP contribution in [0.5, 0.6) is 0 Å². The first-order chi connectivity index (χ1) is 16.1. The topological polar surface area (TPSA) is 72.4 Å². The lowest BCUT2D eigenvalue weighted by Gasteiger charge is -2.30. The Kier molecular flexibility index (Phi) is 5.96. The van der Waals surface area contributed by atoms with E-state index in [-0.39, 0.29) is 23.4 Å². The molecule has 1 amide bonds. The summed E-state index contributed by atoms with van der Waals surface area (Å²) in [6.07, 6.45) is 3.94. The number of carbonyl (C=O) groups excluding carboxylic acids is 1. The summed E-state index contributed by atoms with van der Waals surface area (Å²) in [5.41, 5.74) is 2.18. The fourth-order valence-electron chi connectivity index (χ4n) is 4.09. The molecule has 168 valence electrons. The molecule has 1 aliphatic heterocycles. The SMILES string of the molecule is O=C(c1cc(-c2ccccc2Cl)no1)N1CCCC(c2ncc(Cc3ccc(F)cc3)o2)C1. The number of hydrogen-bond acceptors (Lipinski definition) is 5. The minimum atomic E-state index is -0.269. The van der Waals surface area contributed by atoms with Gasteiger partial charge in [0.05, 0.1) is 17.1 Å². The van der Waals surface area contributed by atoms with Crippen molar-refractivity contribution in [2.24, 2.45) is 0 Å². The lowest BCUT2D eigenvalue weighted by Crippen LogP contribution is -2.39. The van der Waals surface area contributed by atoms with Crippen molar-refractivity contribution in [1.29, 1.82) is 0 Å². The molecule has 1 atom stereocenters. The van der Waals surface area contributed by atoms with E-state index < -0.39 is 0 Å². The van der Waals surface area contributed by atoms with Gasteiger partial charge in [-0.25, -0.2) is 9.37 Å². The fraction of sp³-hybridized carbons (Fsp3) is 0.240. The van der Waals surface area contributed by atoms with Crippen LogP contribution in [0.2, 0.25) is 5.02 Å². The quantitative estimate of drug-likeness (QED) is 0.376. The number of hydrogen-bond donors (Lipinski definition) is 0. The predicted octanol–water partition coefficient (Wildman–Crippen LogP) is 5.73. The smallest absolute Gasteiger partial charge is 0.292 e. The molecule has 4 aromatic rings. The average Bonchev–Trinajstić information content (AvgIpc) is 3.51. The normalized spacial score (nSPS) is 16.2. The minimum absolute atomic E-state index is 0.00405. The summed E-state index contributed by atoms with van der Waals surface area (Å²) >= 11 is 6.23. The zero-order chi connectivity index (χ0) is 22.8. The number of amides is 1. The molecular weight excluding hydrogens is 445 g/mol. The van der Waals surface area contributed by atoms with Crippen LogP contribution in [0.3, 0.4) is 0 Å². The van der Waals surface area contributed by atoms with Crippen molar-refractivity contribution in [1.82, 2.24) is 15.0 Å². The Balaban J connectivity index is 1.26. The van der Waals surface area contributed by atoms with E-state index in [1.54, 1.807) is 35.4 Å². The van der Waals surface area contributed by atoms with Crippen molar-refractivity contribution in [2.75, 3.05) is 13.1 Å². The summed E-state index contributed by atoms with van der Waals surface area (Å²) in [7, 11) is 0. The molecule has 0 N–H and O–H groups in total. The van der Waals surface area contributed by atoms with Crippen LogP contribution in [-0.4, -0.2) is 34.0 Å². The van der Waals surface area contributed by atoms with E-state index in [1.165, 1.54) is 12.1 Å². The van der Waals surface area contributed by atoms with Gasteiger partial charge in [-0.3, -0.25) is 4.79 Å². The Morgan fingerprint density at radius 3 is 2.82 bits per heavy atom. The van der Waals surface area contributed by atoms with Crippen molar-refractivity contribution < 1.29 is 18.1 Å². The highest BCUT2D eigenvalue weighted by molar-refractivity contribution is 6.33. The molecule has 1 fully saturated rings. The third-order valence-electron chi connectivity index (χ3n) is 5.79. The van der Waals surface area contributed by atoms with E-state index >= 15 is 0 Å². The fourth-order valence-corrected chi connectivity index (χ4v) is 4.32. The minimum Gasteiger partial charge on any atom is -0.445 e. The van der Waals surface area contributed by atoms with Gasteiger partial charge in [-0.05, 0) is 36.6 Å². The Morgan fingerprint density at radius 2 is 2.00 bits per heavy atom. The van der Waals surface area contributed by atoms with Crippen LogP contribution in [0.1, 0.15) is 46.5 Å². The van der Waals surface area contributed by atoms with Crippen LogP contribution >= 0.6 is 11.6 Å². The number of benzene rings is 2. The zero-order valence-electron chi connectivity index (χ0n) is 17.7. The van der Waals surface area contributed by atoms with Gasteiger partial charge in [0.1, 0.15) is 17.3 Å². The molecular formula is C25H21ClFN3O3. The molecule has 2 aromatic carbocycles. The monoisotopic (exact) mass is 465 g/mol. The first-order valence-corrected chi connectivity index (χ1v) is 11.1. The predicted molar refractivity (Wildman–Crippen MR) is 121 cm³/mol. The van der Waals surface area contributed by atoms with Crippen molar-refractivity contribution in [2.45, 2.75) is 25.2 Å². The number of piperidine rings is 1. The Hall–Kier alpha value is -3.45. The van der Waals surface area contributed by atoms with Gasteiger partial charge in [0.2, 0.25) is 5.76 Å². The number of oxazole rings is 1. The van der Waals surface area contributed by atoms with Crippen LogP contribution in [0.4, 0.5) is 4.39 Å². The first-order valence-electron chi connectivity index (χ1n) is 10.8. The largest absolute Gasteiger partial charge is 0.445 e. The second-order valence-electron chi connectivity index (χ2n) is 8.11. The number of halogens is 2. The lowest BCUT2D eigenvalue weighted by atomic mass is 9.98. The van der Waals surface area contributed by atoms with Crippen molar-refractivity contribution in [3.63, 3.8) is 0 Å². The highest BCUT2D eigenvalue weighted by Gasteiger charge is 2.30. The summed E-state index contributed by atoms with van der Waals surface area (Å²) in [5.74, 6) is 1.00. The van der Waals surface area contributed by atoms with E-state index in [4.69, 9.17) is 20.5 Å². The number of nitrogens with zero attached hydrogens (tertiary/aromatic N) is 3. The van der Waals surface area contributed by atoms with Gasteiger partial charge in [0, 0.05) is 31.1 Å². The molecule has 6 nitrogen and oxygen atoms in total. The molecule has 33 heavy (non-hydrogen) atoms. The van der Waals surface area contributed by atoms with Crippen molar-refractivity contribution >= 4 is 17.5 Å². The average molecular weight is 466 g/mol. The third kappa shape index (κ3) is 4.68. The first kappa shape index (κ1) is 21.4. The highest BCUT2D eigenvalue weighted by atomic mass is 35.5. The number of aromatic nitrogens is 2. The van der Waals surface area contributed by atoms with E-state index in [1.807, 2.05) is 18.2 Å². The Labute approximate surface area is 195 Å². The maximum Gasteiger partial charge on any atom is 0.292 e. The van der Waals surface area contributed by atoms with Crippen LogP contribution in [-0.2, 0) is 6.42 Å². The lowest BCUT2D eigenvalue weighted by molar-refractivity contribution is 0.0656. The molecule has 0 bridgehead atoms. The second kappa shape index (κ2) is 9.19. The zero-order valence-corrected chi connectivity index (χ0v) is 18.5. The van der Waals surface area contributed by atoms with Crippen LogP contribution < -0.4 is 0 Å². The number of carbonyl (C=O) groups is 1. The van der Waals surface area contributed by atoms with Gasteiger partial charge in [0.15, 0.2) is 5.89 Å². The van der Waals surface area contributed by atoms with E-state index in [2.05, 4.69) is 10.1 Å². The van der Waals surface area contributed by atoms with E-state index in [9.17, 15) is 9.18 Å². The molecule has 5 rings (SSSR count). The van der Waals surface area contributed by atoms with E-state index in [0.29, 0.717) is 47.4 Å². The van der Waals surface area contributed by atoms with Gasteiger partial charge < -0.3 is 13.8 Å². The van der Waals surface area contributed by atoms with Crippen LogP contribution in [0.25, 0.3) is 11.3 Å². The van der Waals surface area contributed by atoms with Crippen LogP contribution in [0, 0.1) is 5.82 Å².